The fraction of sp³-hybridized carbons (Fsp3) is 0.647. The molecule has 0 heterocycles. The molecular weight excluding hydrogens is 250 g/mol. The van der Waals surface area contributed by atoms with E-state index in [0.717, 1.165) is 25.6 Å². The molecule has 3 nitrogen and oxygen atoms in total. The van der Waals surface area contributed by atoms with Crippen LogP contribution in [-0.4, -0.2) is 39.5 Å². The third-order valence-corrected chi connectivity index (χ3v) is 3.90. The maximum absolute atomic E-state index is 5.64. The number of benzene rings is 1. The number of methoxy groups -OCH3 is 1. The van der Waals surface area contributed by atoms with Crippen molar-refractivity contribution in [2.75, 3.05) is 33.5 Å². The molecule has 1 aliphatic rings. The molecule has 1 fully saturated rings. The van der Waals surface area contributed by atoms with Gasteiger partial charge in [0.1, 0.15) is 0 Å². The lowest BCUT2D eigenvalue weighted by atomic mass is 9.92. The van der Waals surface area contributed by atoms with Gasteiger partial charge < -0.3 is 14.8 Å². The van der Waals surface area contributed by atoms with Gasteiger partial charge in [-0.05, 0) is 43.2 Å². The Morgan fingerprint density at radius 2 is 2.00 bits per heavy atom. The normalized spacial score (nSPS) is 16.3. The first-order valence-electron chi connectivity index (χ1n) is 7.67. The molecule has 112 valence electrons. The van der Waals surface area contributed by atoms with E-state index in [1.165, 1.54) is 24.0 Å². The van der Waals surface area contributed by atoms with Crippen LogP contribution in [0.25, 0.3) is 0 Å². The summed E-state index contributed by atoms with van der Waals surface area (Å²) in [5.41, 5.74) is 2.84. The lowest BCUT2D eigenvalue weighted by molar-refractivity contribution is 0.0669. The van der Waals surface area contributed by atoms with Gasteiger partial charge in [0.2, 0.25) is 0 Å². The van der Waals surface area contributed by atoms with Gasteiger partial charge in [-0.15, -0.1) is 0 Å². The summed E-state index contributed by atoms with van der Waals surface area (Å²) in [6.45, 7) is 5.42. The largest absolute Gasteiger partial charge is 0.382 e. The summed E-state index contributed by atoms with van der Waals surface area (Å²) in [5, 5.41) is 3.65. The van der Waals surface area contributed by atoms with E-state index < -0.39 is 0 Å². The number of ether oxygens (including phenoxy) is 2. The smallest absolute Gasteiger partial charge is 0.0700 e. The summed E-state index contributed by atoms with van der Waals surface area (Å²) < 4.78 is 10.6. The quantitative estimate of drug-likeness (QED) is 0.667. The van der Waals surface area contributed by atoms with Gasteiger partial charge in [-0.25, -0.2) is 0 Å². The lowest BCUT2D eigenvalue weighted by Gasteiger charge is -2.20. The van der Waals surface area contributed by atoms with Crippen LogP contribution in [0.1, 0.15) is 36.3 Å². The van der Waals surface area contributed by atoms with Crippen molar-refractivity contribution in [1.29, 1.82) is 0 Å². The van der Waals surface area contributed by atoms with Gasteiger partial charge in [0.05, 0.1) is 13.2 Å². The van der Waals surface area contributed by atoms with Gasteiger partial charge >= 0.3 is 0 Å². The van der Waals surface area contributed by atoms with Gasteiger partial charge in [-0.2, -0.15) is 0 Å². The second-order valence-corrected chi connectivity index (χ2v) is 5.63. The number of hydrogen-bond acceptors (Lipinski definition) is 3. The highest BCUT2D eigenvalue weighted by Gasteiger charge is 2.22. The Bertz CT molecular complexity index is 390. The van der Waals surface area contributed by atoms with Crippen LogP contribution in [-0.2, 0) is 9.47 Å². The number of aryl methyl sites for hydroxylation is 1. The molecule has 1 aromatic carbocycles. The summed E-state index contributed by atoms with van der Waals surface area (Å²) in [6, 6.07) is 9.46. The summed E-state index contributed by atoms with van der Waals surface area (Å²) in [6.07, 6.45) is 3.74. The highest BCUT2D eigenvalue weighted by atomic mass is 16.5. The Kier molecular flexibility index (Phi) is 6.51. The lowest BCUT2D eigenvalue weighted by Crippen LogP contribution is -2.25. The van der Waals surface area contributed by atoms with Crippen LogP contribution in [0, 0.1) is 6.92 Å². The summed E-state index contributed by atoms with van der Waals surface area (Å²) in [4.78, 5) is 0. The first kappa shape index (κ1) is 15.5. The second kappa shape index (κ2) is 8.40. The second-order valence-electron chi connectivity index (χ2n) is 5.63. The molecule has 1 aliphatic carbocycles. The molecule has 0 aliphatic heterocycles. The Morgan fingerprint density at radius 1 is 1.20 bits per heavy atom. The van der Waals surface area contributed by atoms with Crippen molar-refractivity contribution >= 4 is 0 Å². The minimum Gasteiger partial charge on any atom is -0.382 e. The van der Waals surface area contributed by atoms with Crippen molar-refractivity contribution in [1.82, 2.24) is 5.32 Å². The maximum atomic E-state index is 5.64. The van der Waals surface area contributed by atoms with Gasteiger partial charge in [-0.1, -0.05) is 24.3 Å². The maximum Gasteiger partial charge on any atom is 0.0700 e. The number of hydrogen-bond donors (Lipinski definition) is 1. The molecule has 1 unspecified atom stereocenters. The van der Waals surface area contributed by atoms with Crippen molar-refractivity contribution in [3.8, 4) is 0 Å². The van der Waals surface area contributed by atoms with Crippen molar-refractivity contribution in [3.05, 3.63) is 35.4 Å². The van der Waals surface area contributed by atoms with Crippen molar-refractivity contribution in [2.24, 2.45) is 0 Å². The van der Waals surface area contributed by atoms with E-state index in [9.17, 15) is 0 Å². The van der Waals surface area contributed by atoms with E-state index in [2.05, 4.69) is 36.5 Å². The van der Waals surface area contributed by atoms with E-state index in [0.29, 0.717) is 19.1 Å². The Labute approximate surface area is 122 Å². The van der Waals surface area contributed by atoms with Gasteiger partial charge in [0.15, 0.2) is 0 Å². The highest BCUT2D eigenvalue weighted by molar-refractivity contribution is 5.29. The molecule has 0 aromatic heterocycles. The first-order chi connectivity index (χ1) is 9.81. The predicted molar refractivity (Wildman–Crippen MR) is 82.3 cm³/mol. The summed E-state index contributed by atoms with van der Waals surface area (Å²) in [7, 11) is 1.71. The zero-order valence-corrected chi connectivity index (χ0v) is 12.7. The van der Waals surface area contributed by atoms with Crippen LogP contribution in [0.2, 0.25) is 0 Å². The molecule has 0 spiro atoms. The molecule has 1 aromatic rings. The molecule has 1 atom stereocenters. The van der Waals surface area contributed by atoms with E-state index >= 15 is 0 Å². The predicted octanol–water partition coefficient (Wildman–Crippen LogP) is 2.88. The molecule has 20 heavy (non-hydrogen) atoms. The topological polar surface area (TPSA) is 30.5 Å². The Hall–Kier alpha value is -0.900. The van der Waals surface area contributed by atoms with Gasteiger partial charge in [-0.3, -0.25) is 0 Å². The minimum atomic E-state index is 0.541. The zero-order valence-electron chi connectivity index (χ0n) is 12.7. The molecule has 0 bridgehead atoms. The third kappa shape index (κ3) is 5.23. The minimum absolute atomic E-state index is 0.541. The number of rotatable bonds is 10. The van der Waals surface area contributed by atoms with Crippen LogP contribution in [0.5, 0.6) is 0 Å². The molecular formula is C17H27NO2. The highest BCUT2D eigenvalue weighted by Crippen LogP contribution is 2.25. The molecule has 2 rings (SSSR count). The molecule has 1 saturated carbocycles. The number of nitrogens with one attached hydrogen (secondary N) is 1. The van der Waals surface area contributed by atoms with Gasteiger partial charge in [0.25, 0.3) is 0 Å². The van der Waals surface area contributed by atoms with Crippen molar-refractivity contribution in [3.63, 3.8) is 0 Å². The fourth-order valence-corrected chi connectivity index (χ4v) is 2.48. The standard InChI is InChI=1S/C17H27NO2/c1-14-5-3-4-6-17(14)15(13-18-16-7-8-16)9-10-20-12-11-19-2/h3-6,15-16,18H,7-13H2,1-2H3. The molecule has 3 heteroatoms. The van der Waals surface area contributed by atoms with Crippen molar-refractivity contribution < 1.29 is 9.47 Å². The third-order valence-electron chi connectivity index (χ3n) is 3.90. The SMILES string of the molecule is COCCOCCC(CNC1CC1)c1ccccc1C. The van der Waals surface area contributed by atoms with E-state index in [1.54, 1.807) is 7.11 Å². The van der Waals surface area contributed by atoms with Crippen LogP contribution < -0.4 is 5.32 Å². The van der Waals surface area contributed by atoms with E-state index in [1.807, 2.05) is 0 Å². The molecule has 1 N–H and O–H groups in total. The molecule has 0 saturated heterocycles. The van der Waals surface area contributed by atoms with E-state index in [4.69, 9.17) is 9.47 Å². The Balaban J connectivity index is 1.84. The van der Waals surface area contributed by atoms with Crippen LogP contribution >= 0.6 is 0 Å². The monoisotopic (exact) mass is 277 g/mol. The van der Waals surface area contributed by atoms with Crippen LogP contribution in [0.15, 0.2) is 24.3 Å². The Morgan fingerprint density at radius 3 is 2.70 bits per heavy atom. The fourth-order valence-electron chi connectivity index (χ4n) is 2.48. The average molecular weight is 277 g/mol. The van der Waals surface area contributed by atoms with Crippen LogP contribution in [0.4, 0.5) is 0 Å². The average Bonchev–Trinajstić information content (AvgIpc) is 3.27. The molecule has 0 radical (unpaired) electrons. The zero-order chi connectivity index (χ0) is 14.2. The van der Waals surface area contributed by atoms with Crippen LogP contribution in [0.3, 0.4) is 0 Å². The summed E-state index contributed by atoms with van der Waals surface area (Å²) >= 11 is 0. The molecule has 0 amide bonds. The summed E-state index contributed by atoms with van der Waals surface area (Å²) in [5.74, 6) is 0.541. The van der Waals surface area contributed by atoms with Gasteiger partial charge in [0, 0.05) is 26.3 Å². The first-order valence-corrected chi connectivity index (χ1v) is 7.67. The van der Waals surface area contributed by atoms with Crippen molar-refractivity contribution in [2.45, 2.75) is 38.1 Å². The van der Waals surface area contributed by atoms with E-state index in [-0.39, 0.29) is 0 Å².